The Morgan fingerprint density at radius 2 is 1.88 bits per heavy atom. The number of fused-ring (bicyclic) bond motifs is 2. The molecule has 2 bridgehead atoms. The Balaban J connectivity index is 1.93. The second kappa shape index (κ2) is 3.46. The number of hydrogen-bond acceptors (Lipinski definition) is 3. The van der Waals surface area contributed by atoms with Crippen LogP contribution in [0.25, 0.3) is 0 Å². The zero-order valence-electron chi connectivity index (χ0n) is 11.4. The van der Waals surface area contributed by atoms with Gasteiger partial charge in [0, 0.05) is 6.42 Å². The SMILES string of the molecule is CC1CCOC2(CC3CCC2(C)OC3(C)C)O1. The van der Waals surface area contributed by atoms with Gasteiger partial charge in [-0.15, -0.1) is 0 Å². The third-order valence-corrected chi connectivity index (χ3v) is 5.01. The van der Waals surface area contributed by atoms with E-state index in [4.69, 9.17) is 14.2 Å². The average Bonchev–Trinajstić information content (AvgIpc) is 2.20. The average molecular weight is 240 g/mol. The normalized spacial score (nSPS) is 52.9. The van der Waals surface area contributed by atoms with E-state index < -0.39 is 5.79 Å². The van der Waals surface area contributed by atoms with Crippen molar-refractivity contribution in [1.82, 2.24) is 0 Å². The van der Waals surface area contributed by atoms with Gasteiger partial charge in [-0.05, 0) is 52.9 Å². The van der Waals surface area contributed by atoms with E-state index in [1.807, 2.05) is 0 Å². The van der Waals surface area contributed by atoms with Crippen LogP contribution in [0.3, 0.4) is 0 Å². The van der Waals surface area contributed by atoms with E-state index in [0.29, 0.717) is 5.92 Å². The van der Waals surface area contributed by atoms with Crippen molar-refractivity contribution in [2.45, 2.75) is 76.5 Å². The van der Waals surface area contributed by atoms with Crippen LogP contribution in [-0.4, -0.2) is 29.7 Å². The second-order valence-corrected chi connectivity index (χ2v) is 6.69. The third kappa shape index (κ3) is 1.59. The van der Waals surface area contributed by atoms with E-state index in [1.54, 1.807) is 0 Å². The van der Waals surface area contributed by atoms with Gasteiger partial charge in [-0.1, -0.05) is 0 Å². The van der Waals surface area contributed by atoms with Crippen LogP contribution in [-0.2, 0) is 14.2 Å². The molecule has 98 valence electrons. The molecule has 1 spiro atoms. The summed E-state index contributed by atoms with van der Waals surface area (Å²) in [7, 11) is 0. The van der Waals surface area contributed by atoms with Crippen molar-refractivity contribution in [2.24, 2.45) is 5.92 Å². The highest BCUT2D eigenvalue weighted by molar-refractivity contribution is 5.09. The van der Waals surface area contributed by atoms with E-state index >= 15 is 0 Å². The van der Waals surface area contributed by atoms with Crippen LogP contribution in [0.15, 0.2) is 0 Å². The summed E-state index contributed by atoms with van der Waals surface area (Å²) in [6.45, 7) is 9.51. The van der Waals surface area contributed by atoms with Crippen LogP contribution in [0, 0.1) is 5.92 Å². The maximum atomic E-state index is 6.35. The summed E-state index contributed by atoms with van der Waals surface area (Å²) < 4.78 is 18.6. The summed E-state index contributed by atoms with van der Waals surface area (Å²) in [6.07, 6.45) is 4.54. The lowest BCUT2D eigenvalue weighted by molar-refractivity contribution is -0.427. The highest BCUT2D eigenvalue weighted by Gasteiger charge is 2.65. The lowest BCUT2D eigenvalue weighted by Gasteiger charge is -2.63. The number of rotatable bonds is 0. The van der Waals surface area contributed by atoms with Crippen molar-refractivity contribution in [3.05, 3.63) is 0 Å². The predicted molar refractivity (Wildman–Crippen MR) is 64.8 cm³/mol. The van der Waals surface area contributed by atoms with Gasteiger partial charge in [-0.2, -0.15) is 0 Å². The molecular weight excluding hydrogens is 216 g/mol. The first-order valence-corrected chi connectivity index (χ1v) is 6.89. The fraction of sp³-hybridized carbons (Fsp3) is 1.00. The van der Waals surface area contributed by atoms with E-state index in [0.717, 1.165) is 25.9 Å². The first-order chi connectivity index (χ1) is 7.87. The molecule has 3 aliphatic heterocycles. The van der Waals surface area contributed by atoms with Gasteiger partial charge in [0.15, 0.2) is 5.79 Å². The number of ether oxygens (including phenoxy) is 3. The minimum Gasteiger partial charge on any atom is -0.364 e. The largest absolute Gasteiger partial charge is 0.364 e. The minimum absolute atomic E-state index is 0.0361. The Morgan fingerprint density at radius 1 is 1.12 bits per heavy atom. The summed E-state index contributed by atoms with van der Waals surface area (Å²) in [6, 6.07) is 0. The molecule has 4 unspecified atom stereocenters. The summed E-state index contributed by atoms with van der Waals surface area (Å²) in [4.78, 5) is 0. The van der Waals surface area contributed by atoms with Crippen molar-refractivity contribution in [2.75, 3.05) is 6.61 Å². The molecule has 4 aliphatic rings. The van der Waals surface area contributed by atoms with Crippen molar-refractivity contribution in [3.8, 4) is 0 Å². The molecule has 1 aliphatic carbocycles. The van der Waals surface area contributed by atoms with Gasteiger partial charge in [0.05, 0.1) is 18.3 Å². The minimum atomic E-state index is -0.483. The molecule has 0 aromatic rings. The van der Waals surface area contributed by atoms with Crippen molar-refractivity contribution in [1.29, 1.82) is 0 Å². The molecule has 3 nitrogen and oxygen atoms in total. The predicted octanol–water partition coefficient (Wildman–Crippen LogP) is 2.88. The number of hydrogen-bond donors (Lipinski definition) is 0. The van der Waals surface area contributed by atoms with E-state index in [2.05, 4.69) is 27.7 Å². The highest BCUT2D eigenvalue weighted by Crippen LogP contribution is 2.57. The lowest BCUT2D eigenvalue weighted by Crippen LogP contribution is -2.71. The molecule has 0 aromatic carbocycles. The molecular formula is C14H24O3. The highest BCUT2D eigenvalue weighted by atomic mass is 16.7. The van der Waals surface area contributed by atoms with Gasteiger partial charge < -0.3 is 14.2 Å². The Bertz CT molecular complexity index is 327. The fourth-order valence-corrected chi connectivity index (χ4v) is 3.86. The van der Waals surface area contributed by atoms with E-state index in [9.17, 15) is 0 Å². The first-order valence-electron chi connectivity index (χ1n) is 6.89. The molecule has 3 heteroatoms. The van der Waals surface area contributed by atoms with E-state index in [1.165, 1.54) is 6.42 Å². The zero-order chi connectivity index (χ0) is 12.3. The van der Waals surface area contributed by atoms with Gasteiger partial charge in [-0.3, -0.25) is 0 Å². The van der Waals surface area contributed by atoms with Gasteiger partial charge >= 0.3 is 0 Å². The summed E-state index contributed by atoms with van der Waals surface area (Å²) in [5.41, 5.74) is -0.314. The molecule has 3 heterocycles. The van der Waals surface area contributed by atoms with Crippen LogP contribution < -0.4 is 0 Å². The molecule has 4 fully saturated rings. The van der Waals surface area contributed by atoms with Gasteiger partial charge in [0.2, 0.25) is 0 Å². The standard InChI is InChI=1S/C14H24O3/c1-10-6-8-15-14(16-10)9-11-5-7-13(14,4)17-12(11,2)3/h10-11H,5-9H2,1-4H3. The maximum Gasteiger partial charge on any atom is 0.197 e. The molecule has 17 heavy (non-hydrogen) atoms. The van der Waals surface area contributed by atoms with Crippen molar-refractivity contribution >= 4 is 0 Å². The summed E-state index contributed by atoms with van der Waals surface area (Å²) in [5, 5.41) is 0. The van der Waals surface area contributed by atoms with Crippen molar-refractivity contribution < 1.29 is 14.2 Å². The first kappa shape index (κ1) is 11.9. The lowest BCUT2D eigenvalue weighted by atomic mass is 9.65. The summed E-state index contributed by atoms with van der Waals surface area (Å²) in [5.74, 6) is 0.0675. The molecule has 3 saturated heterocycles. The topological polar surface area (TPSA) is 27.7 Å². The van der Waals surface area contributed by atoms with Gasteiger partial charge in [0.25, 0.3) is 0 Å². The molecule has 4 atom stereocenters. The maximum absolute atomic E-state index is 6.35. The quantitative estimate of drug-likeness (QED) is 0.651. The van der Waals surface area contributed by atoms with Crippen LogP contribution >= 0.6 is 0 Å². The molecule has 0 aromatic heterocycles. The van der Waals surface area contributed by atoms with Crippen LogP contribution in [0.5, 0.6) is 0 Å². The van der Waals surface area contributed by atoms with E-state index in [-0.39, 0.29) is 17.3 Å². The fourth-order valence-electron chi connectivity index (χ4n) is 3.86. The molecule has 0 N–H and O–H groups in total. The summed E-state index contributed by atoms with van der Waals surface area (Å²) >= 11 is 0. The Morgan fingerprint density at radius 3 is 2.47 bits per heavy atom. The smallest absolute Gasteiger partial charge is 0.197 e. The Kier molecular flexibility index (Phi) is 2.43. The van der Waals surface area contributed by atoms with Gasteiger partial charge in [-0.25, -0.2) is 0 Å². The molecule has 1 saturated carbocycles. The van der Waals surface area contributed by atoms with Crippen molar-refractivity contribution in [3.63, 3.8) is 0 Å². The molecule has 0 radical (unpaired) electrons. The Hall–Kier alpha value is -0.120. The molecule has 4 rings (SSSR count). The van der Waals surface area contributed by atoms with Crippen LogP contribution in [0.2, 0.25) is 0 Å². The Labute approximate surface area is 104 Å². The second-order valence-electron chi connectivity index (χ2n) is 6.69. The zero-order valence-corrected chi connectivity index (χ0v) is 11.4. The van der Waals surface area contributed by atoms with Gasteiger partial charge in [0.1, 0.15) is 5.60 Å². The van der Waals surface area contributed by atoms with Crippen LogP contribution in [0.1, 0.15) is 53.4 Å². The van der Waals surface area contributed by atoms with Crippen LogP contribution in [0.4, 0.5) is 0 Å². The monoisotopic (exact) mass is 240 g/mol. The molecule has 0 amide bonds. The third-order valence-electron chi connectivity index (χ3n) is 5.01.